The first kappa shape index (κ1) is 12.8. The van der Waals surface area contributed by atoms with Gasteiger partial charge in [0.05, 0.1) is 11.6 Å². The molecule has 0 aromatic rings. The van der Waals surface area contributed by atoms with E-state index in [1.807, 2.05) is 6.92 Å². The maximum absolute atomic E-state index is 11.7. The molecule has 0 aromatic carbocycles. The van der Waals surface area contributed by atoms with E-state index >= 15 is 0 Å². The summed E-state index contributed by atoms with van der Waals surface area (Å²) in [6.07, 6.45) is 7.36. The first-order chi connectivity index (χ1) is 8.09. The number of rotatable bonds is 5. The Labute approximate surface area is 103 Å². The second-order valence-electron chi connectivity index (χ2n) is 5.67. The molecule has 1 amide bonds. The highest BCUT2D eigenvalue weighted by Gasteiger charge is 2.31. The van der Waals surface area contributed by atoms with Crippen molar-refractivity contribution in [3.05, 3.63) is 0 Å². The summed E-state index contributed by atoms with van der Waals surface area (Å²) in [5.74, 6) is 0.0620. The van der Waals surface area contributed by atoms with Crippen molar-refractivity contribution in [1.82, 2.24) is 10.6 Å². The largest absolute Gasteiger partial charge is 0.389 e. The van der Waals surface area contributed by atoms with E-state index in [2.05, 4.69) is 10.6 Å². The van der Waals surface area contributed by atoms with Crippen LogP contribution in [0.5, 0.6) is 0 Å². The molecule has 0 aromatic heterocycles. The van der Waals surface area contributed by atoms with E-state index in [1.54, 1.807) is 0 Å². The molecular formula is C13H24N2O2. The van der Waals surface area contributed by atoms with Gasteiger partial charge >= 0.3 is 0 Å². The van der Waals surface area contributed by atoms with Crippen LogP contribution in [0.4, 0.5) is 0 Å². The predicted octanol–water partition coefficient (Wildman–Crippen LogP) is 0.938. The Kier molecular flexibility index (Phi) is 4.05. The maximum Gasteiger partial charge on any atom is 0.237 e. The van der Waals surface area contributed by atoms with E-state index in [-0.39, 0.29) is 11.9 Å². The van der Waals surface area contributed by atoms with Crippen LogP contribution in [-0.4, -0.2) is 35.2 Å². The number of hydrogen-bond acceptors (Lipinski definition) is 3. The lowest BCUT2D eigenvalue weighted by Crippen LogP contribution is -2.50. The van der Waals surface area contributed by atoms with Gasteiger partial charge in [0.25, 0.3) is 0 Å². The molecule has 0 aliphatic heterocycles. The Balaban J connectivity index is 1.70. The number of carbonyl (C=O) groups excluding carboxylic acids is 1. The van der Waals surface area contributed by atoms with Crippen molar-refractivity contribution in [2.45, 2.75) is 69.6 Å². The third-order valence-corrected chi connectivity index (χ3v) is 3.84. The maximum atomic E-state index is 11.7. The Morgan fingerprint density at radius 3 is 2.59 bits per heavy atom. The van der Waals surface area contributed by atoms with Crippen LogP contribution in [-0.2, 0) is 4.79 Å². The highest BCUT2D eigenvalue weighted by molar-refractivity contribution is 5.81. The molecule has 2 aliphatic carbocycles. The van der Waals surface area contributed by atoms with E-state index in [0.717, 1.165) is 38.5 Å². The first-order valence-corrected chi connectivity index (χ1v) is 6.85. The Morgan fingerprint density at radius 2 is 2.00 bits per heavy atom. The quantitative estimate of drug-likeness (QED) is 0.670. The second-order valence-corrected chi connectivity index (χ2v) is 5.67. The predicted molar refractivity (Wildman–Crippen MR) is 66.7 cm³/mol. The lowest BCUT2D eigenvalue weighted by molar-refractivity contribution is -0.123. The monoisotopic (exact) mass is 240 g/mol. The number of amides is 1. The SMILES string of the molecule is CC(NCC1(O)CCCCC1)C(=O)NC1CC1. The third-order valence-electron chi connectivity index (χ3n) is 3.84. The summed E-state index contributed by atoms with van der Waals surface area (Å²) in [5, 5.41) is 16.4. The normalized spacial score (nSPS) is 25.3. The van der Waals surface area contributed by atoms with Crippen LogP contribution in [0.25, 0.3) is 0 Å². The van der Waals surface area contributed by atoms with Crippen LogP contribution < -0.4 is 10.6 Å². The van der Waals surface area contributed by atoms with Crippen molar-refractivity contribution in [2.24, 2.45) is 0 Å². The van der Waals surface area contributed by atoms with Crippen LogP contribution in [0.3, 0.4) is 0 Å². The minimum atomic E-state index is -0.591. The molecule has 2 saturated carbocycles. The molecule has 0 radical (unpaired) electrons. The molecule has 17 heavy (non-hydrogen) atoms. The number of aliphatic hydroxyl groups is 1. The number of carbonyl (C=O) groups is 1. The molecule has 1 unspecified atom stereocenters. The van der Waals surface area contributed by atoms with E-state index in [0.29, 0.717) is 12.6 Å². The van der Waals surface area contributed by atoms with Crippen LogP contribution in [0.2, 0.25) is 0 Å². The molecule has 2 aliphatic rings. The summed E-state index contributed by atoms with van der Waals surface area (Å²) in [7, 11) is 0. The lowest BCUT2D eigenvalue weighted by atomic mass is 9.85. The van der Waals surface area contributed by atoms with Gasteiger partial charge in [-0.25, -0.2) is 0 Å². The molecule has 4 nitrogen and oxygen atoms in total. The zero-order valence-electron chi connectivity index (χ0n) is 10.7. The molecular weight excluding hydrogens is 216 g/mol. The van der Waals surface area contributed by atoms with Gasteiger partial charge in [-0.1, -0.05) is 19.3 Å². The van der Waals surface area contributed by atoms with Gasteiger partial charge in [-0.05, 0) is 32.6 Å². The van der Waals surface area contributed by atoms with Crippen molar-refractivity contribution in [1.29, 1.82) is 0 Å². The van der Waals surface area contributed by atoms with E-state index in [9.17, 15) is 9.90 Å². The standard InChI is InChI=1S/C13H24N2O2/c1-10(12(16)15-11-5-6-11)14-9-13(17)7-3-2-4-8-13/h10-11,14,17H,2-9H2,1H3,(H,15,16). The molecule has 4 heteroatoms. The van der Waals surface area contributed by atoms with Crippen LogP contribution in [0.15, 0.2) is 0 Å². The summed E-state index contributed by atoms with van der Waals surface area (Å²) >= 11 is 0. The first-order valence-electron chi connectivity index (χ1n) is 6.85. The zero-order chi connectivity index (χ0) is 12.3. The van der Waals surface area contributed by atoms with Gasteiger partial charge < -0.3 is 15.7 Å². The fraction of sp³-hybridized carbons (Fsp3) is 0.923. The van der Waals surface area contributed by atoms with Crippen molar-refractivity contribution in [2.75, 3.05) is 6.54 Å². The summed E-state index contributed by atoms with van der Waals surface area (Å²) in [6, 6.07) is 0.200. The van der Waals surface area contributed by atoms with Crippen molar-refractivity contribution in [3.8, 4) is 0 Å². The molecule has 2 rings (SSSR count). The van der Waals surface area contributed by atoms with Gasteiger partial charge in [0.1, 0.15) is 0 Å². The molecule has 0 bridgehead atoms. The molecule has 98 valence electrons. The average Bonchev–Trinajstić information content (AvgIpc) is 3.11. The lowest BCUT2D eigenvalue weighted by Gasteiger charge is -2.33. The Morgan fingerprint density at radius 1 is 1.35 bits per heavy atom. The van der Waals surface area contributed by atoms with Crippen LogP contribution in [0, 0.1) is 0 Å². The molecule has 2 fully saturated rings. The van der Waals surface area contributed by atoms with Crippen molar-refractivity contribution in [3.63, 3.8) is 0 Å². The van der Waals surface area contributed by atoms with Crippen molar-refractivity contribution >= 4 is 5.91 Å². The highest BCUT2D eigenvalue weighted by atomic mass is 16.3. The summed E-state index contributed by atoms with van der Waals surface area (Å²) in [6.45, 7) is 2.40. The van der Waals surface area contributed by atoms with Crippen LogP contribution in [0.1, 0.15) is 51.9 Å². The van der Waals surface area contributed by atoms with E-state index < -0.39 is 5.60 Å². The van der Waals surface area contributed by atoms with E-state index in [4.69, 9.17) is 0 Å². The molecule has 1 atom stereocenters. The molecule has 0 spiro atoms. The number of nitrogens with one attached hydrogen (secondary N) is 2. The zero-order valence-corrected chi connectivity index (χ0v) is 10.7. The second kappa shape index (κ2) is 5.36. The minimum Gasteiger partial charge on any atom is -0.389 e. The highest BCUT2D eigenvalue weighted by Crippen LogP contribution is 2.27. The topological polar surface area (TPSA) is 61.4 Å². The van der Waals surface area contributed by atoms with Gasteiger partial charge in [-0.2, -0.15) is 0 Å². The Hall–Kier alpha value is -0.610. The number of hydrogen-bond donors (Lipinski definition) is 3. The molecule has 0 heterocycles. The van der Waals surface area contributed by atoms with Gasteiger partial charge in [-0.3, -0.25) is 4.79 Å². The molecule has 3 N–H and O–H groups in total. The fourth-order valence-corrected chi connectivity index (χ4v) is 2.38. The minimum absolute atomic E-state index is 0.0620. The smallest absolute Gasteiger partial charge is 0.237 e. The Bertz CT molecular complexity index is 271. The average molecular weight is 240 g/mol. The summed E-state index contributed by atoms with van der Waals surface area (Å²) < 4.78 is 0. The van der Waals surface area contributed by atoms with Gasteiger partial charge in [0.15, 0.2) is 0 Å². The van der Waals surface area contributed by atoms with Gasteiger partial charge in [0.2, 0.25) is 5.91 Å². The van der Waals surface area contributed by atoms with E-state index in [1.165, 1.54) is 6.42 Å². The summed E-state index contributed by atoms with van der Waals surface area (Å²) in [4.78, 5) is 11.7. The summed E-state index contributed by atoms with van der Waals surface area (Å²) in [5.41, 5.74) is -0.591. The van der Waals surface area contributed by atoms with Gasteiger partial charge in [0, 0.05) is 12.6 Å². The van der Waals surface area contributed by atoms with Crippen LogP contribution >= 0.6 is 0 Å². The molecule has 0 saturated heterocycles. The van der Waals surface area contributed by atoms with Crippen molar-refractivity contribution < 1.29 is 9.90 Å². The fourth-order valence-electron chi connectivity index (χ4n) is 2.38. The third kappa shape index (κ3) is 3.96. The van der Waals surface area contributed by atoms with Gasteiger partial charge in [-0.15, -0.1) is 0 Å².